The Hall–Kier alpha value is -3.16. The average Bonchev–Trinajstić information content (AvgIpc) is 2.79. The number of methoxy groups -OCH3 is 1. The molecule has 0 radical (unpaired) electrons. The Labute approximate surface area is 190 Å². The third-order valence-corrected chi connectivity index (χ3v) is 7.07. The Balaban J connectivity index is 1.91. The minimum Gasteiger partial charge on any atom is -0.497 e. The number of amides is 1. The summed E-state index contributed by atoms with van der Waals surface area (Å²) in [5, 5.41) is 0. The van der Waals surface area contributed by atoms with Crippen molar-refractivity contribution in [1.82, 2.24) is 4.31 Å². The van der Waals surface area contributed by atoms with E-state index in [-0.39, 0.29) is 23.9 Å². The molecule has 0 aliphatic heterocycles. The zero-order valence-corrected chi connectivity index (χ0v) is 19.6. The number of nitrogens with zero attached hydrogens (tertiary/aromatic N) is 2. The van der Waals surface area contributed by atoms with E-state index in [1.54, 1.807) is 62.7 Å². The van der Waals surface area contributed by atoms with Crippen LogP contribution < -0.4 is 9.64 Å². The Morgan fingerprint density at radius 3 is 2.09 bits per heavy atom. The number of ether oxygens (including phenoxy) is 1. The smallest absolute Gasteiger partial charge is 0.243 e. The van der Waals surface area contributed by atoms with Crippen molar-refractivity contribution in [2.75, 3.05) is 25.6 Å². The van der Waals surface area contributed by atoms with Crippen LogP contribution in [0.2, 0.25) is 0 Å². The van der Waals surface area contributed by atoms with Gasteiger partial charge in [0, 0.05) is 25.3 Å². The molecule has 3 aromatic carbocycles. The topological polar surface area (TPSA) is 66.9 Å². The summed E-state index contributed by atoms with van der Waals surface area (Å²) in [6, 6.07) is 21.3. The normalized spacial score (nSPS) is 11.4. The number of likely N-dealkylation sites (N-methyl/N-ethyl adjacent to an activating group) is 1. The second-order valence-corrected chi connectivity index (χ2v) is 9.66. The molecule has 6 nitrogen and oxygen atoms in total. The fourth-order valence-electron chi connectivity index (χ4n) is 3.20. The first-order chi connectivity index (χ1) is 15.2. The Bertz CT molecular complexity index is 1170. The Morgan fingerprint density at radius 2 is 1.50 bits per heavy atom. The number of sulfonamides is 1. The maximum Gasteiger partial charge on any atom is 0.243 e. The Morgan fingerprint density at radius 1 is 0.906 bits per heavy atom. The van der Waals surface area contributed by atoms with Crippen molar-refractivity contribution >= 4 is 21.6 Å². The molecule has 0 heterocycles. The number of carbonyl (C=O) groups excluding carboxylic acids is 1. The van der Waals surface area contributed by atoms with Gasteiger partial charge >= 0.3 is 0 Å². The molecule has 0 aromatic heterocycles. The van der Waals surface area contributed by atoms with Crippen LogP contribution in [0.15, 0.2) is 77.7 Å². The lowest BCUT2D eigenvalue weighted by molar-refractivity contribution is -0.118. The molecular formula is C25H28N2O4S. The van der Waals surface area contributed by atoms with Gasteiger partial charge in [-0.2, -0.15) is 4.31 Å². The lowest BCUT2D eigenvalue weighted by Gasteiger charge is -2.25. The van der Waals surface area contributed by atoms with Crippen LogP contribution in [-0.4, -0.2) is 39.3 Å². The molecule has 0 aliphatic carbocycles. The molecule has 0 N–H and O–H groups in total. The molecule has 0 unspecified atom stereocenters. The number of carbonyl (C=O) groups is 1. The van der Waals surface area contributed by atoms with E-state index in [1.807, 2.05) is 38.1 Å². The van der Waals surface area contributed by atoms with Gasteiger partial charge in [0.05, 0.1) is 18.6 Å². The quantitative estimate of drug-likeness (QED) is 0.515. The van der Waals surface area contributed by atoms with E-state index in [0.717, 1.165) is 16.7 Å². The Kier molecular flexibility index (Phi) is 7.33. The molecule has 1 amide bonds. The largest absolute Gasteiger partial charge is 0.497 e. The minimum absolute atomic E-state index is 0.0914. The predicted molar refractivity (Wildman–Crippen MR) is 126 cm³/mol. The molecule has 0 aliphatic rings. The van der Waals surface area contributed by atoms with Crippen LogP contribution in [0.5, 0.6) is 5.75 Å². The summed E-state index contributed by atoms with van der Waals surface area (Å²) in [5.74, 6) is 0.270. The summed E-state index contributed by atoms with van der Waals surface area (Å²) in [6.45, 7) is 3.66. The lowest BCUT2D eigenvalue weighted by atomic mass is 10.1. The van der Waals surface area contributed by atoms with Gasteiger partial charge in [-0.05, 0) is 43.7 Å². The van der Waals surface area contributed by atoms with E-state index in [1.165, 1.54) is 9.21 Å². The standard InChI is InChI=1S/C25H28N2O4S/c1-19-8-12-21(13-9-19)17-27(32(29,30)24-14-10-20(2)11-15-24)18-25(28)26(3)22-6-5-7-23(16-22)31-4/h5-16H,17-18H2,1-4H3. The summed E-state index contributed by atoms with van der Waals surface area (Å²) < 4.78 is 33.3. The molecule has 0 bridgehead atoms. The van der Waals surface area contributed by atoms with Gasteiger partial charge < -0.3 is 9.64 Å². The van der Waals surface area contributed by atoms with Crippen molar-refractivity contribution in [2.45, 2.75) is 25.3 Å². The van der Waals surface area contributed by atoms with Gasteiger partial charge in [0.1, 0.15) is 5.75 Å². The number of hydrogen-bond acceptors (Lipinski definition) is 4. The number of rotatable bonds is 8. The molecule has 0 spiro atoms. The van der Waals surface area contributed by atoms with Crippen molar-refractivity contribution in [1.29, 1.82) is 0 Å². The molecule has 7 heteroatoms. The molecule has 32 heavy (non-hydrogen) atoms. The number of benzene rings is 3. The van der Waals surface area contributed by atoms with Gasteiger partial charge in [-0.15, -0.1) is 0 Å². The summed E-state index contributed by atoms with van der Waals surface area (Å²) in [7, 11) is -0.710. The van der Waals surface area contributed by atoms with Crippen LogP contribution in [0, 0.1) is 13.8 Å². The van der Waals surface area contributed by atoms with Crippen LogP contribution in [0.1, 0.15) is 16.7 Å². The van der Waals surface area contributed by atoms with Crippen LogP contribution >= 0.6 is 0 Å². The molecular weight excluding hydrogens is 424 g/mol. The van der Waals surface area contributed by atoms with E-state index in [9.17, 15) is 13.2 Å². The van der Waals surface area contributed by atoms with Gasteiger partial charge in [0.15, 0.2) is 0 Å². The van der Waals surface area contributed by atoms with Gasteiger partial charge in [0.25, 0.3) is 0 Å². The lowest BCUT2D eigenvalue weighted by Crippen LogP contribution is -2.41. The maximum absolute atomic E-state index is 13.4. The number of anilines is 1. The summed E-state index contributed by atoms with van der Waals surface area (Å²) >= 11 is 0. The van der Waals surface area contributed by atoms with Crippen molar-refractivity contribution in [3.63, 3.8) is 0 Å². The van der Waals surface area contributed by atoms with Crippen molar-refractivity contribution in [3.8, 4) is 5.75 Å². The average molecular weight is 453 g/mol. The summed E-state index contributed by atoms with van der Waals surface area (Å²) in [5.41, 5.74) is 3.47. The highest BCUT2D eigenvalue weighted by Gasteiger charge is 2.28. The molecule has 0 saturated carbocycles. The van der Waals surface area contributed by atoms with E-state index in [4.69, 9.17) is 4.74 Å². The van der Waals surface area contributed by atoms with Crippen molar-refractivity contribution < 1.29 is 17.9 Å². The van der Waals surface area contributed by atoms with Crippen molar-refractivity contribution in [3.05, 3.63) is 89.5 Å². The molecule has 168 valence electrons. The monoisotopic (exact) mass is 452 g/mol. The van der Waals surface area contributed by atoms with E-state index >= 15 is 0 Å². The maximum atomic E-state index is 13.4. The van der Waals surface area contributed by atoms with Gasteiger partial charge in [-0.25, -0.2) is 8.42 Å². The SMILES string of the molecule is COc1cccc(N(C)C(=O)CN(Cc2ccc(C)cc2)S(=O)(=O)c2ccc(C)cc2)c1. The van der Waals surface area contributed by atoms with Crippen LogP contribution in [-0.2, 0) is 21.4 Å². The summed E-state index contributed by atoms with van der Waals surface area (Å²) in [6.07, 6.45) is 0. The first-order valence-corrected chi connectivity index (χ1v) is 11.7. The van der Waals surface area contributed by atoms with Crippen molar-refractivity contribution in [2.24, 2.45) is 0 Å². The first kappa shape index (κ1) is 23.5. The van der Waals surface area contributed by atoms with Gasteiger partial charge in [-0.1, -0.05) is 53.6 Å². The molecule has 0 saturated heterocycles. The molecule has 0 atom stereocenters. The second kappa shape index (κ2) is 9.97. The van der Waals surface area contributed by atoms with E-state index in [0.29, 0.717) is 11.4 Å². The first-order valence-electron chi connectivity index (χ1n) is 10.2. The third kappa shape index (κ3) is 5.55. The molecule has 3 rings (SSSR count). The minimum atomic E-state index is -3.89. The van der Waals surface area contributed by atoms with Crippen LogP contribution in [0.25, 0.3) is 0 Å². The highest BCUT2D eigenvalue weighted by atomic mass is 32.2. The zero-order valence-electron chi connectivity index (χ0n) is 18.8. The van der Waals surface area contributed by atoms with Crippen LogP contribution in [0.4, 0.5) is 5.69 Å². The highest BCUT2D eigenvalue weighted by Crippen LogP contribution is 2.23. The van der Waals surface area contributed by atoms with Crippen LogP contribution in [0.3, 0.4) is 0 Å². The second-order valence-electron chi connectivity index (χ2n) is 7.73. The van der Waals surface area contributed by atoms with Gasteiger partial charge in [-0.3, -0.25) is 4.79 Å². The molecule has 3 aromatic rings. The zero-order chi connectivity index (χ0) is 23.3. The number of hydrogen-bond donors (Lipinski definition) is 0. The number of aryl methyl sites for hydroxylation is 2. The fourth-order valence-corrected chi connectivity index (χ4v) is 4.58. The molecule has 0 fully saturated rings. The predicted octanol–water partition coefficient (Wildman–Crippen LogP) is 4.17. The third-order valence-electron chi connectivity index (χ3n) is 5.26. The van der Waals surface area contributed by atoms with E-state index in [2.05, 4.69) is 0 Å². The van der Waals surface area contributed by atoms with E-state index < -0.39 is 10.0 Å². The summed E-state index contributed by atoms with van der Waals surface area (Å²) in [4.78, 5) is 14.7. The van der Waals surface area contributed by atoms with Gasteiger partial charge in [0.2, 0.25) is 15.9 Å². The highest BCUT2D eigenvalue weighted by molar-refractivity contribution is 7.89. The fraction of sp³-hybridized carbons (Fsp3) is 0.240.